The molecule has 2 amide bonds. The Morgan fingerprint density at radius 2 is 2.12 bits per heavy atom. The van der Waals surface area contributed by atoms with Crippen LogP contribution in [0.1, 0.15) is 55.9 Å². The number of carboxylic acids is 1. The van der Waals surface area contributed by atoms with E-state index in [1.54, 1.807) is 29.9 Å². The second kappa shape index (κ2) is 8.69. The van der Waals surface area contributed by atoms with Crippen LogP contribution < -0.4 is 10.6 Å². The first-order valence-electron chi connectivity index (χ1n) is 8.89. The van der Waals surface area contributed by atoms with E-state index in [4.69, 9.17) is 0 Å². The highest BCUT2D eigenvalue weighted by Gasteiger charge is 2.35. The molecule has 7 heteroatoms. The molecule has 1 aliphatic rings. The van der Waals surface area contributed by atoms with E-state index >= 15 is 0 Å². The number of aliphatic carboxylic acids is 1. The Hall–Kier alpha value is -2.31. The van der Waals surface area contributed by atoms with E-state index in [1.807, 2.05) is 6.92 Å². The summed E-state index contributed by atoms with van der Waals surface area (Å²) in [5.41, 5.74) is 0.485. The number of carbonyl (C=O) groups is 3. The number of hydrogen-bond donors (Lipinski definition) is 3. The fourth-order valence-electron chi connectivity index (χ4n) is 3.32. The summed E-state index contributed by atoms with van der Waals surface area (Å²) in [6.45, 7) is 2.02. The van der Waals surface area contributed by atoms with Crippen molar-refractivity contribution in [2.75, 3.05) is 0 Å². The van der Waals surface area contributed by atoms with E-state index in [-0.39, 0.29) is 17.9 Å². The van der Waals surface area contributed by atoms with E-state index in [9.17, 15) is 19.5 Å². The van der Waals surface area contributed by atoms with Gasteiger partial charge in [-0.25, -0.2) is 0 Å². The van der Waals surface area contributed by atoms with Gasteiger partial charge in [0.15, 0.2) is 0 Å². The summed E-state index contributed by atoms with van der Waals surface area (Å²) in [4.78, 5) is 36.3. The third-order valence-corrected chi connectivity index (χ3v) is 4.81. The van der Waals surface area contributed by atoms with Gasteiger partial charge in [-0.05, 0) is 31.4 Å². The third kappa shape index (κ3) is 4.84. The van der Waals surface area contributed by atoms with Gasteiger partial charge in [-0.15, -0.1) is 0 Å². The lowest BCUT2D eigenvalue weighted by atomic mass is 10.0. The van der Waals surface area contributed by atoms with Gasteiger partial charge in [0.1, 0.15) is 11.7 Å². The van der Waals surface area contributed by atoms with Crippen LogP contribution in [0.4, 0.5) is 0 Å². The van der Waals surface area contributed by atoms with E-state index in [0.29, 0.717) is 25.0 Å². The lowest BCUT2D eigenvalue weighted by Gasteiger charge is -2.23. The van der Waals surface area contributed by atoms with Crippen molar-refractivity contribution >= 4 is 17.8 Å². The monoisotopic (exact) mass is 349 g/mol. The van der Waals surface area contributed by atoms with Crippen molar-refractivity contribution in [3.8, 4) is 0 Å². The van der Waals surface area contributed by atoms with E-state index in [0.717, 1.165) is 19.3 Å². The molecule has 25 heavy (non-hydrogen) atoms. The standard InChI is InChI=1S/C18H27N3O4/c1-3-4-8-14(20-17(23)15-10-6-11-21(15)2)16(22)19-13-9-5-7-12(13)18(24)25/h6,10-14H,3-5,7-9H2,1-2H3,(H,19,22)(H,20,23)(H,24,25)/t12-,13+,14+/m1/s1. The molecule has 0 radical (unpaired) electrons. The molecule has 1 aliphatic carbocycles. The highest BCUT2D eigenvalue weighted by atomic mass is 16.4. The number of rotatable bonds is 8. The molecular formula is C18H27N3O4. The summed E-state index contributed by atoms with van der Waals surface area (Å²) >= 11 is 0. The SMILES string of the molecule is CCCC[C@H](NC(=O)c1cccn1C)C(=O)N[C@H]1CCC[C@H]1C(=O)O. The second-order valence-electron chi connectivity index (χ2n) is 6.66. The third-order valence-electron chi connectivity index (χ3n) is 4.81. The average Bonchev–Trinajstić information content (AvgIpc) is 3.19. The van der Waals surface area contributed by atoms with Crippen molar-refractivity contribution in [2.45, 2.75) is 57.5 Å². The molecule has 3 N–H and O–H groups in total. The van der Waals surface area contributed by atoms with Crippen LogP contribution in [0.3, 0.4) is 0 Å². The molecule has 0 bridgehead atoms. The zero-order chi connectivity index (χ0) is 18.4. The quantitative estimate of drug-likeness (QED) is 0.665. The zero-order valence-electron chi connectivity index (χ0n) is 14.8. The summed E-state index contributed by atoms with van der Waals surface area (Å²) in [5.74, 6) is -2.01. The minimum absolute atomic E-state index is 0.297. The number of unbranched alkanes of at least 4 members (excludes halogenated alkanes) is 1. The first-order chi connectivity index (χ1) is 11.9. The van der Waals surface area contributed by atoms with Crippen LogP contribution in [0.15, 0.2) is 18.3 Å². The predicted octanol–water partition coefficient (Wildman–Crippen LogP) is 1.68. The molecule has 0 aliphatic heterocycles. The fourth-order valence-corrected chi connectivity index (χ4v) is 3.32. The Morgan fingerprint density at radius 3 is 2.72 bits per heavy atom. The summed E-state index contributed by atoms with van der Waals surface area (Å²) < 4.78 is 1.70. The Balaban J connectivity index is 2.03. The van der Waals surface area contributed by atoms with Crippen LogP contribution in [-0.4, -0.2) is 39.5 Å². The van der Waals surface area contributed by atoms with E-state index in [1.165, 1.54) is 0 Å². The number of carboxylic acid groups (broad SMARTS) is 1. The lowest BCUT2D eigenvalue weighted by Crippen LogP contribution is -2.51. The van der Waals surface area contributed by atoms with Gasteiger partial charge in [-0.2, -0.15) is 0 Å². The number of aromatic nitrogens is 1. The minimum Gasteiger partial charge on any atom is -0.481 e. The first-order valence-corrected chi connectivity index (χ1v) is 8.89. The molecule has 138 valence electrons. The smallest absolute Gasteiger partial charge is 0.308 e. The molecule has 0 saturated heterocycles. The molecule has 0 aromatic carbocycles. The molecule has 1 fully saturated rings. The normalized spacial score (nSPS) is 20.9. The van der Waals surface area contributed by atoms with Crippen LogP contribution in [0.25, 0.3) is 0 Å². The second-order valence-corrected chi connectivity index (χ2v) is 6.66. The Bertz CT molecular complexity index is 626. The number of carbonyl (C=O) groups excluding carboxylic acids is 2. The van der Waals surface area contributed by atoms with E-state index < -0.39 is 17.9 Å². The number of hydrogen-bond acceptors (Lipinski definition) is 3. The zero-order valence-corrected chi connectivity index (χ0v) is 14.8. The molecular weight excluding hydrogens is 322 g/mol. The topological polar surface area (TPSA) is 100 Å². The average molecular weight is 349 g/mol. The fraction of sp³-hybridized carbons (Fsp3) is 0.611. The predicted molar refractivity (Wildman–Crippen MR) is 93.1 cm³/mol. The molecule has 1 aromatic heterocycles. The van der Waals surface area contributed by atoms with Crippen molar-refractivity contribution in [1.29, 1.82) is 0 Å². The maximum atomic E-state index is 12.6. The van der Waals surface area contributed by atoms with Crippen LogP contribution in [0, 0.1) is 5.92 Å². The van der Waals surface area contributed by atoms with Gasteiger partial charge in [-0.1, -0.05) is 26.2 Å². The van der Waals surface area contributed by atoms with Crippen molar-refractivity contribution in [3.63, 3.8) is 0 Å². The molecule has 1 aromatic rings. The van der Waals surface area contributed by atoms with Crippen LogP contribution in [0.2, 0.25) is 0 Å². The van der Waals surface area contributed by atoms with Crippen LogP contribution in [-0.2, 0) is 16.6 Å². The number of amides is 2. The van der Waals surface area contributed by atoms with Gasteiger partial charge < -0.3 is 20.3 Å². The summed E-state index contributed by atoms with van der Waals surface area (Å²) in [6.07, 6.45) is 6.04. The largest absolute Gasteiger partial charge is 0.481 e. The molecule has 0 unspecified atom stereocenters. The van der Waals surface area contributed by atoms with Crippen molar-refractivity contribution < 1.29 is 19.5 Å². The van der Waals surface area contributed by atoms with E-state index in [2.05, 4.69) is 10.6 Å². The highest BCUT2D eigenvalue weighted by Crippen LogP contribution is 2.26. The Morgan fingerprint density at radius 1 is 1.36 bits per heavy atom. The van der Waals surface area contributed by atoms with Gasteiger partial charge >= 0.3 is 5.97 Å². The highest BCUT2D eigenvalue weighted by molar-refractivity contribution is 5.96. The molecule has 0 spiro atoms. The molecule has 1 heterocycles. The molecule has 3 atom stereocenters. The van der Waals surface area contributed by atoms with Gasteiger partial charge in [0.25, 0.3) is 5.91 Å². The van der Waals surface area contributed by atoms with Crippen molar-refractivity contribution in [3.05, 3.63) is 24.0 Å². The lowest BCUT2D eigenvalue weighted by molar-refractivity contribution is -0.142. The summed E-state index contributed by atoms with van der Waals surface area (Å²) in [5, 5.41) is 14.9. The summed E-state index contributed by atoms with van der Waals surface area (Å²) in [6, 6.07) is 2.45. The van der Waals surface area contributed by atoms with Gasteiger partial charge in [0.05, 0.1) is 5.92 Å². The Kier molecular flexibility index (Phi) is 6.61. The van der Waals surface area contributed by atoms with Gasteiger partial charge in [0.2, 0.25) is 5.91 Å². The van der Waals surface area contributed by atoms with Gasteiger partial charge in [-0.3, -0.25) is 14.4 Å². The Labute approximate surface area is 147 Å². The maximum absolute atomic E-state index is 12.6. The molecule has 2 rings (SSSR count). The maximum Gasteiger partial charge on any atom is 0.308 e. The molecule has 7 nitrogen and oxygen atoms in total. The van der Waals surface area contributed by atoms with Crippen LogP contribution in [0.5, 0.6) is 0 Å². The summed E-state index contributed by atoms with van der Waals surface area (Å²) in [7, 11) is 1.77. The van der Waals surface area contributed by atoms with Gasteiger partial charge in [0, 0.05) is 19.3 Å². The number of nitrogens with zero attached hydrogens (tertiary/aromatic N) is 1. The molecule has 1 saturated carbocycles. The first kappa shape index (κ1) is 19.0. The number of aryl methyl sites for hydroxylation is 1. The minimum atomic E-state index is -0.874. The van der Waals surface area contributed by atoms with Crippen molar-refractivity contribution in [1.82, 2.24) is 15.2 Å². The number of nitrogens with one attached hydrogen (secondary N) is 2. The van der Waals surface area contributed by atoms with Crippen LogP contribution >= 0.6 is 0 Å². The van der Waals surface area contributed by atoms with Crippen molar-refractivity contribution in [2.24, 2.45) is 13.0 Å².